The molecule has 3 heterocycles. The molecule has 3 N–H and O–H groups in total. The number of piperidine rings is 1. The first-order chi connectivity index (χ1) is 14.3. The van der Waals surface area contributed by atoms with E-state index in [-0.39, 0.29) is 24.1 Å². The van der Waals surface area contributed by atoms with Crippen LogP contribution >= 0.6 is 0 Å². The van der Waals surface area contributed by atoms with Gasteiger partial charge in [0.05, 0.1) is 0 Å². The van der Waals surface area contributed by atoms with E-state index in [2.05, 4.69) is 4.98 Å². The van der Waals surface area contributed by atoms with Gasteiger partial charge >= 0.3 is 11.6 Å². The van der Waals surface area contributed by atoms with Crippen molar-refractivity contribution in [2.75, 3.05) is 25.4 Å². The third-order valence-electron chi connectivity index (χ3n) is 5.85. The Morgan fingerprint density at radius 1 is 1.20 bits per heavy atom. The molecule has 0 spiro atoms. The van der Waals surface area contributed by atoms with E-state index in [0.29, 0.717) is 17.7 Å². The summed E-state index contributed by atoms with van der Waals surface area (Å²) in [5.74, 6) is -3.75. The Bertz CT molecular complexity index is 945. The Hall–Kier alpha value is -2.43. The number of halogens is 3. The second-order valence-corrected chi connectivity index (χ2v) is 7.81. The van der Waals surface area contributed by atoms with Gasteiger partial charge in [0.1, 0.15) is 23.8 Å². The van der Waals surface area contributed by atoms with E-state index in [4.69, 9.17) is 10.5 Å². The third kappa shape index (κ3) is 3.94. The van der Waals surface area contributed by atoms with E-state index < -0.39 is 30.0 Å². The number of nitrogen functional groups attached to an aromatic ring is 1. The van der Waals surface area contributed by atoms with Crippen molar-refractivity contribution in [1.82, 2.24) is 14.5 Å². The fourth-order valence-corrected chi connectivity index (χ4v) is 4.16. The highest BCUT2D eigenvalue weighted by Crippen LogP contribution is 2.42. The van der Waals surface area contributed by atoms with Crippen LogP contribution in [-0.2, 0) is 4.74 Å². The normalized spacial score (nSPS) is 27.4. The van der Waals surface area contributed by atoms with E-state index in [9.17, 15) is 23.1 Å². The minimum Gasteiger partial charge on any atom is -0.384 e. The lowest BCUT2D eigenvalue weighted by molar-refractivity contribution is -0.140. The standard InChI is InChI=1S/C20H23F3N4O3/c21-14-3-1-12(2-4-14)13-5-8-26(9-6-13)11-15-17(28)20(22,23)18(30-15)27-10-7-16(24)25-19(27)29/h1-4,7,10,13,15,17-18,28H,5-6,8-9,11H2,(H2,24,25,29)/t15-,17-,18-/m1/s1. The summed E-state index contributed by atoms with van der Waals surface area (Å²) in [5.41, 5.74) is 5.49. The lowest BCUT2D eigenvalue weighted by atomic mass is 9.89. The Kier molecular flexibility index (Phi) is 5.56. The highest BCUT2D eigenvalue weighted by Gasteiger charge is 2.59. The first-order valence-corrected chi connectivity index (χ1v) is 9.79. The smallest absolute Gasteiger partial charge is 0.351 e. The van der Waals surface area contributed by atoms with Gasteiger partial charge in [-0.2, -0.15) is 13.8 Å². The van der Waals surface area contributed by atoms with Crippen LogP contribution < -0.4 is 11.4 Å². The van der Waals surface area contributed by atoms with Gasteiger partial charge in [-0.1, -0.05) is 12.1 Å². The molecule has 2 aliphatic rings. The lowest BCUT2D eigenvalue weighted by Crippen LogP contribution is -2.45. The van der Waals surface area contributed by atoms with Crippen LogP contribution in [0.2, 0.25) is 0 Å². The lowest BCUT2D eigenvalue weighted by Gasteiger charge is -2.34. The highest BCUT2D eigenvalue weighted by molar-refractivity contribution is 5.24. The molecule has 3 atom stereocenters. The van der Waals surface area contributed by atoms with E-state index >= 15 is 0 Å². The zero-order valence-electron chi connectivity index (χ0n) is 16.1. The second kappa shape index (κ2) is 8.01. The molecule has 2 aliphatic heterocycles. The molecular weight excluding hydrogens is 401 g/mol. The molecule has 2 fully saturated rings. The van der Waals surface area contributed by atoms with Crippen molar-refractivity contribution in [3.63, 3.8) is 0 Å². The molecule has 0 amide bonds. The molecule has 30 heavy (non-hydrogen) atoms. The minimum atomic E-state index is -3.65. The van der Waals surface area contributed by atoms with Crippen molar-refractivity contribution >= 4 is 5.82 Å². The van der Waals surface area contributed by atoms with Crippen molar-refractivity contribution in [1.29, 1.82) is 0 Å². The highest BCUT2D eigenvalue weighted by atomic mass is 19.3. The molecular formula is C20H23F3N4O3. The average Bonchev–Trinajstić information content (AvgIpc) is 2.93. The fourth-order valence-electron chi connectivity index (χ4n) is 4.16. The maximum atomic E-state index is 14.6. The molecule has 1 aromatic carbocycles. The maximum absolute atomic E-state index is 14.6. The van der Waals surface area contributed by atoms with E-state index in [1.54, 1.807) is 12.1 Å². The summed E-state index contributed by atoms with van der Waals surface area (Å²) in [4.78, 5) is 17.4. The number of anilines is 1. The number of rotatable bonds is 4. The molecule has 10 heteroatoms. The largest absolute Gasteiger partial charge is 0.384 e. The Balaban J connectivity index is 1.40. The molecule has 0 bridgehead atoms. The summed E-state index contributed by atoms with van der Waals surface area (Å²) < 4.78 is 48.5. The molecule has 4 rings (SSSR count). The zero-order valence-corrected chi connectivity index (χ0v) is 16.1. The zero-order chi connectivity index (χ0) is 21.5. The molecule has 1 aromatic heterocycles. The Morgan fingerprint density at radius 3 is 2.50 bits per heavy atom. The first-order valence-electron chi connectivity index (χ1n) is 9.79. The first kappa shape index (κ1) is 20.8. The molecule has 162 valence electrons. The number of hydrogen-bond donors (Lipinski definition) is 2. The summed E-state index contributed by atoms with van der Waals surface area (Å²) in [7, 11) is 0. The number of aromatic nitrogens is 2. The van der Waals surface area contributed by atoms with Crippen molar-refractivity contribution in [3.05, 3.63) is 58.4 Å². The molecule has 2 saturated heterocycles. The van der Waals surface area contributed by atoms with E-state index in [1.807, 2.05) is 4.90 Å². The summed E-state index contributed by atoms with van der Waals surface area (Å²) in [6.07, 6.45) is -2.49. The van der Waals surface area contributed by atoms with Crippen LogP contribution in [0.1, 0.15) is 30.6 Å². The summed E-state index contributed by atoms with van der Waals surface area (Å²) in [5, 5.41) is 10.2. The van der Waals surface area contributed by atoms with Gasteiger partial charge in [0.25, 0.3) is 0 Å². The average molecular weight is 424 g/mol. The number of benzene rings is 1. The molecule has 0 unspecified atom stereocenters. The van der Waals surface area contributed by atoms with E-state index in [1.165, 1.54) is 18.2 Å². The van der Waals surface area contributed by atoms with Gasteiger partial charge < -0.3 is 20.5 Å². The van der Waals surface area contributed by atoms with Crippen LogP contribution in [0.5, 0.6) is 0 Å². The summed E-state index contributed by atoms with van der Waals surface area (Å²) >= 11 is 0. The quantitative estimate of drug-likeness (QED) is 0.777. The van der Waals surface area contributed by atoms with Gasteiger partial charge in [0.15, 0.2) is 0 Å². The van der Waals surface area contributed by atoms with Crippen LogP contribution in [0.4, 0.5) is 19.0 Å². The van der Waals surface area contributed by atoms with Gasteiger partial charge in [-0.15, -0.1) is 0 Å². The Labute approximate surface area is 170 Å². The number of alkyl halides is 2. The molecule has 0 saturated carbocycles. The number of aliphatic hydroxyl groups excluding tert-OH is 1. The van der Waals surface area contributed by atoms with Gasteiger partial charge in [-0.25, -0.2) is 9.18 Å². The second-order valence-electron chi connectivity index (χ2n) is 7.81. The molecule has 7 nitrogen and oxygen atoms in total. The third-order valence-corrected chi connectivity index (χ3v) is 5.85. The van der Waals surface area contributed by atoms with Crippen LogP contribution in [0.25, 0.3) is 0 Å². The van der Waals surface area contributed by atoms with Crippen LogP contribution in [-0.4, -0.2) is 57.3 Å². The van der Waals surface area contributed by atoms with Crippen molar-refractivity contribution < 1.29 is 23.0 Å². The maximum Gasteiger partial charge on any atom is 0.351 e. The van der Waals surface area contributed by atoms with Crippen molar-refractivity contribution in [2.45, 2.75) is 43.1 Å². The van der Waals surface area contributed by atoms with Gasteiger partial charge in [0.2, 0.25) is 6.23 Å². The number of nitrogens with two attached hydrogens (primary N) is 1. The number of likely N-dealkylation sites (tertiary alicyclic amines) is 1. The van der Waals surface area contributed by atoms with Gasteiger partial charge in [0, 0.05) is 12.7 Å². The predicted molar refractivity (Wildman–Crippen MR) is 103 cm³/mol. The predicted octanol–water partition coefficient (Wildman–Crippen LogP) is 1.74. The van der Waals surface area contributed by atoms with Crippen LogP contribution in [0.3, 0.4) is 0 Å². The number of aliphatic hydroxyl groups is 1. The molecule has 2 aromatic rings. The van der Waals surface area contributed by atoms with Gasteiger partial charge in [-0.05, 0) is 55.6 Å². The van der Waals surface area contributed by atoms with E-state index in [0.717, 1.165) is 24.6 Å². The van der Waals surface area contributed by atoms with Gasteiger partial charge in [-0.3, -0.25) is 4.57 Å². The number of hydrogen-bond acceptors (Lipinski definition) is 6. The number of ether oxygens (including phenoxy) is 1. The molecule has 0 radical (unpaired) electrons. The van der Waals surface area contributed by atoms with Crippen LogP contribution in [0.15, 0.2) is 41.3 Å². The van der Waals surface area contributed by atoms with Crippen LogP contribution in [0, 0.1) is 5.82 Å². The monoisotopic (exact) mass is 424 g/mol. The summed E-state index contributed by atoms with van der Waals surface area (Å²) in [6.45, 7) is 1.38. The topological polar surface area (TPSA) is 93.6 Å². The van der Waals surface area contributed by atoms with Crippen molar-refractivity contribution in [3.8, 4) is 0 Å². The number of nitrogens with zero attached hydrogens (tertiary/aromatic N) is 3. The Morgan fingerprint density at radius 2 is 1.87 bits per heavy atom. The molecule has 0 aliphatic carbocycles. The SMILES string of the molecule is Nc1ccn([C@@H]2O[C@H](CN3CCC(c4ccc(F)cc4)CC3)[C@@H](O)C2(F)F)c(=O)n1. The minimum absolute atomic E-state index is 0.0845. The summed E-state index contributed by atoms with van der Waals surface area (Å²) in [6, 6.07) is 7.62. The fraction of sp³-hybridized carbons (Fsp3) is 0.500. The van der Waals surface area contributed by atoms with Crippen molar-refractivity contribution in [2.24, 2.45) is 0 Å².